The highest BCUT2D eigenvalue weighted by Gasteiger charge is 2.43. The number of carbonyl (C=O) groups is 2. The Morgan fingerprint density at radius 1 is 1.07 bits per heavy atom. The van der Waals surface area contributed by atoms with Crippen LogP contribution >= 0.6 is 0 Å². The van der Waals surface area contributed by atoms with Gasteiger partial charge in [-0.2, -0.15) is 4.39 Å². The fourth-order valence-electron chi connectivity index (χ4n) is 5.53. The Kier molecular flexibility index (Phi) is 6.58. The lowest BCUT2D eigenvalue weighted by Gasteiger charge is -2.27. The van der Waals surface area contributed by atoms with Crippen LogP contribution in [-0.2, 0) is 21.7 Å². The molecule has 2 fully saturated rings. The molecule has 4 aromatic rings. The summed E-state index contributed by atoms with van der Waals surface area (Å²) in [5, 5.41) is 2.92. The van der Waals surface area contributed by atoms with Crippen molar-refractivity contribution >= 4 is 22.8 Å². The van der Waals surface area contributed by atoms with E-state index in [1.165, 1.54) is 4.90 Å². The molecular formula is C30H30F2N6O2. The smallest absolute Gasteiger partial charge is 0.243 e. The number of fused-ring (bicyclic) bond motifs is 1. The van der Waals surface area contributed by atoms with Crippen LogP contribution in [0, 0.1) is 12.9 Å². The number of para-hydroxylation sites is 2. The molecule has 3 N–H and O–H groups in total. The molecule has 3 atom stereocenters. The molecule has 2 amide bonds. The molecule has 0 bridgehead atoms. The number of likely N-dealkylation sites (tertiary alicyclic amines) is 1. The molecule has 1 saturated carbocycles. The lowest BCUT2D eigenvalue weighted by atomic mass is 10.00. The number of aromatic nitrogens is 3. The normalized spacial score (nSPS) is 20.4. The molecular weight excluding hydrogens is 514 g/mol. The molecule has 1 saturated heterocycles. The van der Waals surface area contributed by atoms with Gasteiger partial charge >= 0.3 is 0 Å². The molecule has 40 heavy (non-hydrogen) atoms. The molecule has 3 heterocycles. The van der Waals surface area contributed by atoms with Crippen molar-refractivity contribution in [1.29, 1.82) is 0 Å². The average molecular weight is 545 g/mol. The Hall–Kier alpha value is -4.18. The second-order valence-corrected chi connectivity index (χ2v) is 10.7. The number of nitrogens with zero attached hydrogens (tertiary/aromatic N) is 4. The van der Waals surface area contributed by atoms with Crippen LogP contribution < -0.4 is 11.1 Å². The number of imidazole rings is 1. The quantitative estimate of drug-likeness (QED) is 0.346. The van der Waals surface area contributed by atoms with Gasteiger partial charge in [0.1, 0.15) is 24.6 Å². The molecule has 10 heteroatoms. The summed E-state index contributed by atoms with van der Waals surface area (Å²) in [5.41, 5.74) is 8.36. The van der Waals surface area contributed by atoms with Crippen LogP contribution in [0.25, 0.3) is 11.0 Å². The fraction of sp³-hybridized carbons (Fsp3) is 0.333. The van der Waals surface area contributed by atoms with Gasteiger partial charge in [-0.25, -0.2) is 14.4 Å². The van der Waals surface area contributed by atoms with Gasteiger partial charge in [0.15, 0.2) is 0 Å². The molecule has 8 nitrogen and oxygen atoms in total. The monoisotopic (exact) mass is 544 g/mol. The van der Waals surface area contributed by atoms with E-state index in [-0.39, 0.29) is 25.4 Å². The predicted molar refractivity (Wildman–Crippen MR) is 145 cm³/mol. The molecule has 2 aromatic carbocycles. The van der Waals surface area contributed by atoms with Crippen molar-refractivity contribution in [2.24, 2.45) is 5.73 Å². The maximum absolute atomic E-state index is 15.0. The van der Waals surface area contributed by atoms with Crippen molar-refractivity contribution in [3.63, 3.8) is 0 Å². The minimum Gasteiger partial charge on any atom is -0.342 e. The minimum atomic E-state index is -1.34. The van der Waals surface area contributed by atoms with Gasteiger partial charge in [-0.3, -0.25) is 9.59 Å². The molecule has 2 aromatic heterocycles. The van der Waals surface area contributed by atoms with Gasteiger partial charge in [-0.15, -0.1) is 0 Å². The fourth-order valence-corrected chi connectivity index (χ4v) is 5.53. The van der Waals surface area contributed by atoms with E-state index in [9.17, 15) is 14.0 Å². The van der Waals surface area contributed by atoms with Crippen molar-refractivity contribution in [2.45, 2.75) is 56.5 Å². The van der Waals surface area contributed by atoms with Gasteiger partial charge in [0.2, 0.25) is 17.8 Å². The van der Waals surface area contributed by atoms with Crippen molar-refractivity contribution in [3.8, 4) is 0 Å². The lowest BCUT2D eigenvalue weighted by Crippen LogP contribution is -2.48. The Balaban J connectivity index is 1.26. The van der Waals surface area contributed by atoms with E-state index in [0.717, 1.165) is 11.0 Å². The average Bonchev–Trinajstić information content (AvgIpc) is 3.44. The topological polar surface area (TPSA) is 106 Å². The summed E-state index contributed by atoms with van der Waals surface area (Å²) in [6.45, 7) is 1.55. The standard InChI is InChI=1S/C30H30F2N6O2/c1-18-34-22-9-5-6-10-24(22)37(18)17-26(39)38-16-20(31)15-25(38)29(40)36-27(19-7-3-2-4-8-19)23-12-11-21(28(32)35-23)30(33)13-14-30/h2-12,20,25,27H,13-17,33H2,1H3,(H,36,40)/t20-,25+,27+/m1/s1. The number of nitrogens with two attached hydrogens (primary N) is 1. The number of amides is 2. The number of hydrogen-bond acceptors (Lipinski definition) is 5. The largest absolute Gasteiger partial charge is 0.342 e. The van der Waals surface area contributed by atoms with Crippen LogP contribution in [-0.4, -0.2) is 50.0 Å². The van der Waals surface area contributed by atoms with Gasteiger partial charge in [0.25, 0.3) is 0 Å². The molecule has 6 rings (SSSR count). The summed E-state index contributed by atoms with van der Waals surface area (Å²) < 4.78 is 31.5. The Labute approximate surface area is 230 Å². The zero-order valence-corrected chi connectivity index (χ0v) is 22.1. The third-order valence-corrected chi connectivity index (χ3v) is 7.92. The van der Waals surface area contributed by atoms with Crippen molar-refractivity contribution < 1.29 is 18.4 Å². The van der Waals surface area contributed by atoms with Gasteiger partial charge in [0.05, 0.1) is 29.3 Å². The summed E-state index contributed by atoms with van der Waals surface area (Å²) in [7, 11) is 0. The van der Waals surface area contributed by atoms with Gasteiger partial charge < -0.3 is 20.5 Å². The van der Waals surface area contributed by atoms with Crippen LogP contribution in [0.1, 0.15) is 47.9 Å². The van der Waals surface area contributed by atoms with Crippen molar-refractivity contribution in [3.05, 3.63) is 95.3 Å². The van der Waals surface area contributed by atoms with E-state index in [2.05, 4.69) is 15.3 Å². The van der Waals surface area contributed by atoms with Crippen LogP contribution in [0.15, 0.2) is 66.7 Å². The molecule has 0 radical (unpaired) electrons. The van der Waals surface area contributed by atoms with E-state index >= 15 is 4.39 Å². The summed E-state index contributed by atoms with van der Waals surface area (Å²) in [6.07, 6.45) is -0.0915. The highest BCUT2D eigenvalue weighted by atomic mass is 19.1. The third kappa shape index (κ3) is 4.83. The van der Waals surface area contributed by atoms with E-state index in [4.69, 9.17) is 5.73 Å². The zero-order chi connectivity index (χ0) is 28.0. The van der Waals surface area contributed by atoms with E-state index in [1.54, 1.807) is 47.9 Å². The second kappa shape index (κ2) is 10.1. The van der Waals surface area contributed by atoms with Crippen LogP contribution in [0.5, 0.6) is 0 Å². The van der Waals surface area contributed by atoms with E-state index in [0.29, 0.717) is 35.5 Å². The molecule has 1 aliphatic heterocycles. The number of benzene rings is 2. The van der Waals surface area contributed by atoms with Gasteiger partial charge in [-0.1, -0.05) is 48.5 Å². The first kappa shape index (κ1) is 26.1. The van der Waals surface area contributed by atoms with Crippen LogP contribution in [0.3, 0.4) is 0 Å². The Morgan fingerprint density at radius 2 is 1.80 bits per heavy atom. The summed E-state index contributed by atoms with van der Waals surface area (Å²) in [5.74, 6) is -0.929. The SMILES string of the molecule is Cc1nc2ccccc2n1CC(=O)N1C[C@H](F)C[C@H]1C(=O)N[C@@H](c1ccccc1)c1ccc(C2(N)CC2)c(F)n1. The number of alkyl halides is 1. The third-order valence-electron chi connectivity index (χ3n) is 7.92. The summed E-state index contributed by atoms with van der Waals surface area (Å²) in [6, 6.07) is 17.9. The lowest BCUT2D eigenvalue weighted by molar-refractivity contribution is -0.139. The summed E-state index contributed by atoms with van der Waals surface area (Å²) >= 11 is 0. The molecule has 0 unspecified atom stereocenters. The van der Waals surface area contributed by atoms with Gasteiger partial charge in [-0.05, 0) is 43.5 Å². The van der Waals surface area contributed by atoms with E-state index < -0.39 is 35.6 Å². The maximum atomic E-state index is 15.0. The first-order valence-corrected chi connectivity index (χ1v) is 13.4. The highest BCUT2D eigenvalue weighted by molar-refractivity contribution is 5.89. The molecule has 1 aliphatic carbocycles. The predicted octanol–water partition coefficient (Wildman–Crippen LogP) is 3.67. The van der Waals surface area contributed by atoms with Crippen LogP contribution in [0.2, 0.25) is 0 Å². The molecule has 206 valence electrons. The number of aryl methyl sites for hydroxylation is 1. The number of carbonyl (C=O) groups excluding carboxylic acids is 2. The highest BCUT2D eigenvalue weighted by Crippen LogP contribution is 2.43. The zero-order valence-electron chi connectivity index (χ0n) is 22.1. The molecule has 2 aliphatic rings. The first-order chi connectivity index (χ1) is 19.2. The Morgan fingerprint density at radius 3 is 2.52 bits per heavy atom. The van der Waals surface area contributed by atoms with Crippen molar-refractivity contribution in [2.75, 3.05) is 6.54 Å². The number of rotatable bonds is 7. The number of hydrogen-bond donors (Lipinski definition) is 2. The number of pyridine rings is 1. The van der Waals surface area contributed by atoms with Gasteiger partial charge in [0, 0.05) is 17.5 Å². The summed E-state index contributed by atoms with van der Waals surface area (Å²) in [4.78, 5) is 37.0. The first-order valence-electron chi connectivity index (χ1n) is 13.4. The number of halogens is 2. The molecule has 0 spiro atoms. The Bertz CT molecular complexity index is 1590. The van der Waals surface area contributed by atoms with E-state index in [1.807, 2.05) is 30.3 Å². The van der Waals surface area contributed by atoms with Crippen molar-refractivity contribution in [1.82, 2.24) is 24.8 Å². The maximum Gasteiger partial charge on any atom is 0.243 e. The second-order valence-electron chi connectivity index (χ2n) is 10.7. The number of nitrogens with one attached hydrogen (secondary N) is 1. The minimum absolute atomic E-state index is 0.0694. The van der Waals surface area contributed by atoms with Crippen LogP contribution in [0.4, 0.5) is 8.78 Å².